The van der Waals surface area contributed by atoms with E-state index in [4.69, 9.17) is 9.57 Å². The fourth-order valence-corrected chi connectivity index (χ4v) is 2.53. The van der Waals surface area contributed by atoms with E-state index < -0.39 is 24.4 Å². The van der Waals surface area contributed by atoms with Crippen LogP contribution in [0, 0.1) is 0 Å². The quantitative estimate of drug-likeness (QED) is 0.525. The normalized spacial score (nSPS) is 29.4. The first kappa shape index (κ1) is 16.9. The minimum Gasteiger partial charge on any atom is -0.399 e. The fourth-order valence-electron chi connectivity index (χ4n) is 2.53. The number of hydrogen-bond acceptors (Lipinski definition) is 6. The molecule has 1 saturated heterocycles. The van der Waals surface area contributed by atoms with Gasteiger partial charge >= 0.3 is 0 Å². The zero-order valence-electron chi connectivity index (χ0n) is 12.6. The first-order valence-corrected chi connectivity index (χ1v) is 7.40. The second-order valence-corrected chi connectivity index (χ2v) is 5.45. The van der Waals surface area contributed by atoms with E-state index in [0.717, 1.165) is 12.1 Å². The molecule has 0 aromatic heterocycles. The van der Waals surface area contributed by atoms with Gasteiger partial charge in [0.05, 0.1) is 18.4 Å². The lowest BCUT2D eigenvalue weighted by Gasteiger charge is -2.35. The molecule has 122 valence electrons. The summed E-state index contributed by atoms with van der Waals surface area (Å²) in [5.74, 6) is 0. The molecular weight excluding hydrogens is 286 g/mol. The first-order chi connectivity index (χ1) is 10.6. The van der Waals surface area contributed by atoms with Crippen LogP contribution in [0.1, 0.15) is 18.4 Å². The Bertz CT molecular complexity index is 479. The number of aliphatic hydroxyl groups is 3. The molecule has 0 spiro atoms. The highest BCUT2D eigenvalue weighted by Gasteiger charge is 2.37. The summed E-state index contributed by atoms with van der Waals surface area (Å²) in [6.07, 6.45) is -2.16. The molecule has 0 saturated carbocycles. The number of oxime groups is 1. The molecule has 3 N–H and O–H groups in total. The smallest absolute Gasteiger partial charge is 0.111 e. The lowest BCUT2D eigenvalue weighted by atomic mass is 9.94. The Morgan fingerprint density at radius 2 is 1.95 bits per heavy atom. The van der Waals surface area contributed by atoms with E-state index in [9.17, 15) is 15.3 Å². The average Bonchev–Trinajstić information content (AvgIpc) is 2.54. The Labute approximate surface area is 130 Å². The highest BCUT2D eigenvalue weighted by Crippen LogP contribution is 2.20. The van der Waals surface area contributed by atoms with Gasteiger partial charge in [-0.15, -0.1) is 0 Å². The van der Waals surface area contributed by atoms with Crippen LogP contribution in [-0.2, 0) is 16.0 Å². The number of benzene rings is 1. The van der Waals surface area contributed by atoms with Gasteiger partial charge < -0.3 is 24.9 Å². The summed E-state index contributed by atoms with van der Waals surface area (Å²) in [4.78, 5) is 4.86. The second kappa shape index (κ2) is 8.24. The van der Waals surface area contributed by atoms with Crippen molar-refractivity contribution in [3.05, 3.63) is 35.9 Å². The molecule has 6 nitrogen and oxygen atoms in total. The summed E-state index contributed by atoms with van der Waals surface area (Å²) in [6.45, 7) is 0.00183. The minimum absolute atomic E-state index is 0.00183. The maximum Gasteiger partial charge on any atom is 0.111 e. The van der Waals surface area contributed by atoms with Crippen LogP contribution in [-0.4, -0.2) is 59.2 Å². The molecule has 0 amide bonds. The predicted octanol–water partition coefficient (Wildman–Crippen LogP) is 0.493. The topological polar surface area (TPSA) is 91.5 Å². The molecule has 1 fully saturated rings. The molecule has 22 heavy (non-hydrogen) atoms. The van der Waals surface area contributed by atoms with Crippen molar-refractivity contribution in [2.24, 2.45) is 5.16 Å². The van der Waals surface area contributed by atoms with Crippen molar-refractivity contribution in [2.75, 3.05) is 13.7 Å². The van der Waals surface area contributed by atoms with E-state index in [1.54, 1.807) is 0 Å². The van der Waals surface area contributed by atoms with Crippen molar-refractivity contribution in [3.63, 3.8) is 0 Å². The van der Waals surface area contributed by atoms with Gasteiger partial charge in [-0.2, -0.15) is 0 Å². The molecule has 1 heterocycles. The third kappa shape index (κ3) is 4.51. The number of ether oxygens (including phenoxy) is 1. The minimum atomic E-state index is -1.20. The molecule has 0 aliphatic carbocycles. The number of aryl methyl sites for hydroxylation is 1. The van der Waals surface area contributed by atoms with Crippen molar-refractivity contribution >= 4 is 5.71 Å². The Hall–Kier alpha value is -1.47. The van der Waals surface area contributed by atoms with Gasteiger partial charge in [0.25, 0.3) is 0 Å². The molecule has 0 bridgehead atoms. The van der Waals surface area contributed by atoms with Gasteiger partial charge in [-0.3, -0.25) is 0 Å². The van der Waals surface area contributed by atoms with Gasteiger partial charge in [0.2, 0.25) is 0 Å². The summed E-state index contributed by atoms with van der Waals surface area (Å²) in [5.41, 5.74) is 1.94. The Morgan fingerprint density at radius 3 is 2.64 bits per heavy atom. The highest BCUT2D eigenvalue weighted by atomic mass is 16.6. The maximum atomic E-state index is 9.98. The standard InChI is InChI=1S/C16H23NO5/c1-21-17-12(8-7-11-5-3-2-4-6-11)9-14-16(20)15(19)13(18)10-22-14/h2-6,13-16,18-20H,7-10H2,1H3/t13-,14?,15+,16+/m1/s1. The van der Waals surface area contributed by atoms with E-state index in [1.807, 2.05) is 30.3 Å². The molecule has 1 aromatic rings. The van der Waals surface area contributed by atoms with E-state index in [-0.39, 0.29) is 6.61 Å². The Morgan fingerprint density at radius 1 is 1.23 bits per heavy atom. The summed E-state index contributed by atoms with van der Waals surface area (Å²) >= 11 is 0. The van der Waals surface area contributed by atoms with E-state index >= 15 is 0 Å². The molecular formula is C16H23NO5. The van der Waals surface area contributed by atoms with E-state index in [1.165, 1.54) is 12.7 Å². The molecule has 6 heteroatoms. The van der Waals surface area contributed by atoms with Crippen LogP contribution >= 0.6 is 0 Å². The van der Waals surface area contributed by atoms with E-state index in [0.29, 0.717) is 12.8 Å². The number of aliphatic hydroxyl groups excluding tert-OH is 3. The van der Waals surface area contributed by atoms with Gasteiger partial charge in [-0.05, 0) is 18.4 Å². The van der Waals surface area contributed by atoms with Crippen LogP contribution in [0.4, 0.5) is 0 Å². The summed E-state index contributed by atoms with van der Waals surface area (Å²) in [7, 11) is 1.47. The lowest BCUT2D eigenvalue weighted by molar-refractivity contribution is -0.184. The number of rotatable bonds is 6. The molecule has 0 radical (unpaired) electrons. The van der Waals surface area contributed by atoms with Crippen LogP contribution in [0.5, 0.6) is 0 Å². The summed E-state index contributed by atoms with van der Waals surface area (Å²) < 4.78 is 5.41. The number of nitrogens with zero attached hydrogens (tertiary/aromatic N) is 1. The second-order valence-electron chi connectivity index (χ2n) is 5.45. The molecule has 1 aromatic carbocycles. The maximum absolute atomic E-state index is 9.98. The van der Waals surface area contributed by atoms with Crippen LogP contribution in [0.3, 0.4) is 0 Å². The SMILES string of the molecule is CON=C(CCc1ccccc1)CC1OC[C@@H](O)[C@H](O)[C@H]1O. The van der Waals surface area contributed by atoms with Crippen LogP contribution in [0.15, 0.2) is 35.5 Å². The van der Waals surface area contributed by atoms with Gasteiger partial charge in [0.1, 0.15) is 25.4 Å². The zero-order valence-corrected chi connectivity index (χ0v) is 12.6. The van der Waals surface area contributed by atoms with Crippen LogP contribution < -0.4 is 0 Å². The van der Waals surface area contributed by atoms with Gasteiger partial charge in [0, 0.05) is 6.42 Å². The van der Waals surface area contributed by atoms with Crippen LogP contribution in [0.2, 0.25) is 0 Å². The molecule has 1 unspecified atom stereocenters. The average molecular weight is 309 g/mol. The lowest BCUT2D eigenvalue weighted by Crippen LogP contribution is -2.53. The van der Waals surface area contributed by atoms with Crippen molar-refractivity contribution < 1.29 is 24.9 Å². The molecule has 4 atom stereocenters. The van der Waals surface area contributed by atoms with Crippen molar-refractivity contribution in [1.82, 2.24) is 0 Å². The van der Waals surface area contributed by atoms with Crippen molar-refractivity contribution in [3.8, 4) is 0 Å². The van der Waals surface area contributed by atoms with Gasteiger partial charge in [-0.25, -0.2) is 0 Å². The van der Waals surface area contributed by atoms with Gasteiger partial charge in [0.15, 0.2) is 0 Å². The molecule has 1 aliphatic heterocycles. The van der Waals surface area contributed by atoms with E-state index in [2.05, 4.69) is 5.16 Å². The molecule has 2 rings (SSSR count). The predicted molar refractivity (Wildman–Crippen MR) is 81.6 cm³/mol. The summed E-state index contributed by atoms with van der Waals surface area (Å²) in [6, 6.07) is 10.0. The summed E-state index contributed by atoms with van der Waals surface area (Å²) in [5, 5.41) is 33.2. The highest BCUT2D eigenvalue weighted by molar-refractivity contribution is 5.84. The fraction of sp³-hybridized carbons (Fsp3) is 0.562. The first-order valence-electron chi connectivity index (χ1n) is 7.40. The van der Waals surface area contributed by atoms with Crippen LogP contribution in [0.25, 0.3) is 0 Å². The van der Waals surface area contributed by atoms with Crippen molar-refractivity contribution in [1.29, 1.82) is 0 Å². The largest absolute Gasteiger partial charge is 0.399 e. The van der Waals surface area contributed by atoms with Crippen molar-refractivity contribution in [2.45, 2.75) is 43.7 Å². The van der Waals surface area contributed by atoms with Gasteiger partial charge in [-0.1, -0.05) is 35.5 Å². The molecule has 1 aliphatic rings. The monoisotopic (exact) mass is 309 g/mol. The Kier molecular flexibility index (Phi) is 6.33. The number of hydrogen-bond donors (Lipinski definition) is 3. The zero-order chi connectivity index (χ0) is 15.9. The third-order valence-electron chi connectivity index (χ3n) is 3.81. The third-order valence-corrected chi connectivity index (χ3v) is 3.81. The Balaban J connectivity index is 1.93.